The third-order valence-corrected chi connectivity index (χ3v) is 3.30. The van der Waals surface area contributed by atoms with E-state index in [0.717, 1.165) is 10.0 Å². The minimum absolute atomic E-state index is 0.0470. The van der Waals surface area contributed by atoms with Crippen molar-refractivity contribution in [3.63, 3.8) is 0 Å². The first-order chi connectivity index (χ1) is 7.19. The highest BCUT2D eigenvalue weighted by molar-refractivity contribution is 9.10. The summed E-state index contributed by atoms with van der Waals surface area (Å²) in [4.78, 5) is 0. The fraction of sp³-hybridized carbons (Fsp3) is 0.400. The van der Waals surface area contributed by atoms with Gasteiger partial charge in [0, 0.05) is 23.6 Å². The first kappa shape index (κ1) is 12.9. The summed E-state index contributed by atoms with van der Waals surface area (Å²) in [5.74, 6) is 0. The van der Waals surface area contributed by atoms with Gasteiger partial charge in [-0.25, -0.2) is 0 Å². The highest BCUT2D eigenvalue weighted by Gasteiger charge is 2.09. The molecular formula is C10H14BrClN2O. The molecule has 1 unspecified atom stereocenters. The lowest BCUT2D eigenvalue weighted by atomic mass is 10.1. The lowest BCUT2D eigenvalue weighted by Gasteiger charge is -2.17. The molecule has 15 heavy (non-hydrogen) atoms. The van der Waals surface area contributed by atoms with Gasteiger partial charge in [-0.3, -0.25) is 0 Å². The number of hydrogen-bond donors (Lipinski definition) is 3. The maximum Gasteiger partial charge on any atom is 0.0556 e. The van der Waals surface area contributed by atoms with Crippen molar-refractivity contribution >= 4 is 27.5 Å². The van der Waals surface area contributed by atoms with Crippen LogP contribution < -0.4 is 11.1 Å². The van der Waals surface area contributed by atoms with Crippen molar-refractivity contribution in [1.82, 2.24) is 5.32 Å². The second-order valence-corrected chi connectivity index (χ2v) is 4.40. The normalized spacial score (nSPS) is 12.8. The molecular weight excluding hydrogens is 279 g/mol. The van der Waals surface area contributed by atoms with Crippen LogP contribution in [-0.2, 0) is 0 Å². The molecule has 4 N–H and O–H groups in total. The lowest BCUT2D eigenvalue weighted by Crippen LogP contribution is -2.30. The van der Waals surface area contributed by atoms with Crippen molar-refractivity contribution < 1.29 is 5.11 Å². The van der Waals surface area contributed by atoms with E-state index in [1.807, 2.05) is 18.2 Å². The number of rotatable bonds is 5. The topological polar surface area (TPSA) is 58.3 Å². The summed E-state index contributed by atoms with van der Waals surface area (Å²) in [6.45, 7) is 1.11. The van der Waals surface area contributed by atoms with Crippen molar-refractivity contribution in [3.8, 4) is 0 Å². The van der Waals surface area contributed by atoms with Crippen molar-refractivity contribution in [1.29, 1.82) is 0 Å². The summed E-state index contributed by atoms with van der Waals surface area (Å²) in [5.41, 5.74) is 6.70. The van der Waals surface area contributed by atoms with E-state index >= 15 is 0 Å². The second-order valence-electron chi connectivity index (χ2n) is 3.14. The summed E-state index contributed by atoms with van der Waals surface area (Å²) in [6, 6.07) is 5.73. The molecule has 1 rings (SSSR count). The molecule has 0 aliphatic rings. The third kappa shape index (κ3) is 3.74. The van der Waals surface area contributed by atoms with E-state index in [1.165, 1.54) is 0 Å². The monoisotopic (exact) mass is 292 g/mol. The first-order valence-corrected chi connectivity index (χ1v) is 5.85. The van der Waals surface area contributed by atoms with Crippen molar-refractivity contribution in [2.45, 2.75) is 6.04 Å². The molecule has 0 amide bonds. The minimum Gasteiger partial charge on any atom is -0.395 e. The lowest BCUT2D eigenvalue weighted by molar-refractivity contribution is 0.285. The number of halogens is 2. The molecule has 0 aliphatic heterocycles. The SMILES string of the molecule is NCC(NCCO)c1ccc(Cl)c(Br)c1. The zero-order valence-corrected chi connectivity index (χ0v) is 10.6. The molecule has 0 radical (unpaired) electrons. The maximum atomic E-state index is 8.72. The number of aliphatic hydroxyl groups excluding tert-OH is 1. The summed E-state index contributed by atoms with van der Waals surface area (Å²) in [7, 11) is 0. The molecule has 0 bridgehead atoms. The van der Waals surface area contributed by atoms with Crippen LogP contribution in [0.3, 0.4) is 0 Å². The summed E-state index contributed by atoms with van der Waals surface area (Å²) >= 11 is 9.26. The standard InChI is InChI=1S/C10H14BrClN2O/c11-8-5-7(1-2-9(8)12)10(6-13)14-3-4-15/h1-2,5,10,14-15H,3-4,6,13H2. The van der Waals surface area contributed by atoms with Gasteiger partial charge in [0.1, 0.15) is 0 Å². The van der Waals surface area contributed by atoms with Gasteiger partial charge in [-0.2, -0.15) is 0 Å². The predicted octanol–water partition coefficient (Wildman–Crippen LogP) is 1.68. The highest BCUT2D eigenvalue weighted by Crippen LogP contribution is 2.25. The van der Waals surface area contributed by atoms with E-state index in [0.29, 0.717) is 18.1 Å². The van der Waals surface area contributed by atoms with Crippen LogP contribution in [0.15, 0.2) is 22.7 Å². The highest BCUT2D eigenvalue weighted by atomic mass is 79.9. The van der Waals surface area contributed by atoms with Crippen LogP contribution >= 0.6 is 27.5 Å². The van der Waals surface area contributed by atoms with Gasteiger partial charge in [0.15, 0.2) is 0 Å². The fourth-order valence-electron chi connectivity index (χ4n) is 1.31. The number of benzene rings is 1. The Kier molecular flexibility index (Phi) is 5.56. The van der Waals surface area contributed by atoms with Gasteiger partial charge in [0.05, 0.1) is 11.6 Å². The van der Waals surface area contributed by atoms with E-state index in [-0.39, 0.29) is 12.6 Å². The Morgan fingerprint density at radius 1 is 1.53 bits per heavy atom. The van der Waals surface area contributed by atoms with Crippen LogP contribution in [0.4, 0.5) is 0 Å². The molecule has 0 heterocycles. The molecule has 1 aromatic carbocycles. The molecule has 84 valence electrons. The Morgan fingerprint density at radius 3 is 2.80 bits per heavy atom. The summed E-state index contributed by atoms with van der Waals surface area (Å²) in [5, 5.41) is 12.5. The van der Waals surface area contributed by atoms with E-state index in [2.05, 4.69) is 21.2 Å². The fourth-order valence-corrected chi connectivity index (χ4v) is 1.82. The Hall–Kier alpha value is -0.130. The minimum atomic E-state index is 0.0470. The Balaban J connectivity index is 2.78. The first-order valence-electron chi connectivity index (χ1n) is 4.68. The molecule has 1 atom stereocenters. The number of hydrogen-bond acceptors (Lipinski definition) is 3. The molecule has 1 aromatic rings. The Bertz CT molecular complexity index is 322. The van der Waals surface area contributed by atoms with Crippen molar-refractivity contribution in [3.05, 3.63) is 33.3 Å². The zero-order chi connectivity index (χ0) is 11.3. The molecule has 0 spiro atoms. The number of aliphatic hydroxyl groups is 1. The summed E-state index contributed by atoms with van der Waals surface area (Å²) in [6.07, 6.45) is 0. The van der Waals surface area contributed by atoms with E-state index in [1.54, 1.807) is 0 Å². The Labute approximate surface area is 103 Å². The molecule has 0 aromatic heterocycles. The van der Waals surface area contributed by atoms with Gasteiger partial charge in [0.2, 0.25) is 0 Å². The smallest absolute Gasteiger partial charge is 0.0556 e. The largest absolute Gasteiger partial charge is 0.395 e. The maximum absolute atomic E-state index is 8.72. The van der Waals surface area contributed by atoms with Gasteiger partial charge >= 0.3 is 0 Å². The van der Waals surface area contributed by atoms with Crippen LogP contribution in [0.1, 0.15) is 11.6 Å². The van der Waals surface area contributed by atoms with Crippen LogP contribution in [0, 0.1) is 0 Å². The number of nitrogens with one attached hydrogen (secondary N) is 1. The molecule has 0 saturated carbocycles. The number of nitrogens with two attached hydrogens (primary N) is 1. The van der Waals surface area contributed by atoms with E-state index in [4.69, 9.17) is 22.4 Å². The van der Waals surface area contributed by atoms with Crippen LogP contribution in [0.25, 0.3) is 0 Å². The third-order valence-electron chi connectivity index (χ3n) is 2.08. The molecule has 0 aliphatic carbocycles. The van der Waals surface area contributed by atoms with Gasteiger partial charge in [0.25, 0.3) is 0 Å². The van der Waals surface area contributed by atoms with E-state index < -0.39 is 0 Å². The van der Waals surface area contributed by atoms with Crippen LogP contribution in [0.5, 0.6) is 0 Å². The van der Waals surface area contributed by atoms with Gasteiger partial charge in [-0.15, -0.1) is 0 Å². The van der Waals surface area contributed by atoms with Crippen molar-refractivity contribution in [2.75, 3.05) is 19.7 Å². The van der Waals surface area contributed by atoms with Gasteiger partial charge in [-0.1, -0.05) is 17.7 Å². The zero-order valence-electron chi connectivity index (χ0n) is 8.21. The second kappa shape index (κ2) is 6.45. The van der Waals surface area contributed by atoms with Gasteiger partial charge < -0.3 is 16.2 Å². The average Bonchev–Trinajstić information content (AvgIpc) is 2.24. The molecule has 5 heteroatoms. The average molecular weight is 294 g/mol. The van der Waals surface area contributed by atoms with Crippen LogP contribution in [0.2, 0.25) is 5.02 Å². The predicted molar refractivity (Wildman–Crippen MR) is 66.0 cm³/mol. The Morgan fingerprint density at radius 2 is 2.27 bits per heavy atom. The quantitative estimate of drug-likeness (QED) is 0.774. The van der Waals surface area contributed by atoms with Gasteiger partial charge in [-0.05, 0) is 33.6 Å². The molecule has 0 fully saturated rings. The van der Waals surface area contributed by atoms with Crippen LogP contribution in [-0.4, -0.2) is 24.8 Å². The molecule has 3 nitrogen and oxygen atoms in total. The molecule has 0 saturated heterocycles. The van der Waals surface area contributed by atoms with Crippen molar-refractivity contribution in [2.24, 2.45) is 5.73 Å². The summed E-state index contributed by atoms with van der Waals surface area (Å²) < 4.78 is 0.853. The van der Waals surface area contributed by atoms with E-state index in [9.17, 15) is 0 Å².